The van der Waals surface area contributed by atoms with Crippen LogP contribution in [0.2, 0.25) is 0 Å². The zero-order valence-electron chi connectivity index (χ0n) is 30.8. The molecule has 0 aliphatic carbocycles. The van der Waals surface area contributed by atoms with Gasteiger partial charge in [-0.2, -0.15) is 0 Å². The van der Waals surface area contributed by atoms with Crippen molar-refractivity contribution >= 4 is 71.4 Å². The SMILES string of the molecule is C=CC(=O)O.C=CC(C)=O.CCC(CC(OC(C(=O)O)C(C)C(=O)O)C(=O)O)C(=O)OC.O=C(O)/C=C\C(=O)O.O=C(O)C1OC1C(=O)O.O=C1C=CC(=O)O1.OO. The van der Waals surface area contributed by atoms with Crippen molar-refractivity contribution in [1.82, 2.24) is 0 Å². The number of methoxy groups -OCH3 is 1. The van der Waals surface area contributed by atoms with Crippen molar-refractivity contribution in [2.75, 3.05) is 7.11 Å². The molecule has 0 aromatic rings. The Balaban J connectivity index is -0.000000214. The molecule has 326 valence electrons. The molecule has 0 spiro atoms. The molecule has 2 rings (SSSR count). The second-order valence-corrected chi connectivity index (χ2v) is 9.81. The fourth-order valence-electron chi connectivity index (χ4n) is 2.70. The summed E-state index contributed by atoms with van der Waals surface area (Å²) in [6, 6.07) is 0. The van der Waals surface area contributed by atoms with Gasteiger partial charge in [0.2, 0.25) is 0 Å². The molecular weight excluding hydrogens is 800 g/mol. The highest BCUT2D eigenvalue weighted by Crippen LogP contribution is 2.22. The summed E-state index contributed by atoms with van der Waals surface area (Å²) in [6.45, 7) is 10.4. The molecular formula is C32H42O26. The molecule has 6 atom stereocenters. The van der Waals surface area contributed by atoms with E-state index in [-0.39, 0.29) is 18.6 Å². The largest absolute Gasteiger partial charge is 0.481 e. The van der Waals surface area contributed by atoms with E-state index in [1.165, 1.54) is 13.0 Å². The van der Waals surface area contributed by atoms with Crippen LogP contribution in [0.4, 0.5) is 0 Å². The van der Waals surface area contributed by atoms with Crippen molar-refractivity contribution in [1.29, 1.82) is 0 Å². The number of esters is 3. The number of aliphatic carboxylic acids is 8. The second-order valence-electron chi connectivity index (χ2n) is 9.81. The van der Waals surface area contributed by atoms with Crippen LogP contribution >= 0.6 is 0 Å². The number of hydrogen-bond donors (Lipinski definition) is 10. The molecule has 2 heterocycles. The summed E-state index contributed by atoms with van der Waals surface area (Å²) in [5, 5.41) is 78.3. The summed E-state index contributed by atoms with van der Waals surface area (Å²) in [5.74, 6) is -14.5. The maximum Gasteiger partial charge on any atom is 0.338 e. The van der Waals surface area contributed by atoms with E-state index in [0.717, 1.165) is 32.3 Å². The van der Waals surface area contributed by atoms with Gasteiger partial charge in [0, 0.05) is 30.4 Å². The molecule has 2 aliphatic heterocycles. The highest BCUT2D eigenvalue weighted by Gasteiger charge is 2.51. The third-order valence-corrected chi connectivity index (χ3v) is 5.56. The Hall–Kier alpha value is -7.16. The topological polar surface area (TPSA) is 447 Å². The number of allylic oxidation sites excluding steroid dienone is 1. The minimum absolute atomic E-state index is 0.0185. The monoisotopic (exact) mass is 842 g/mol. The normalized spacial score (nSPS) is 15.7. The molecule has 0 bridgehead atoms. The van der Waals surface area contributed by atoms with Gasteiger partial charge in [-0.1, -0.05) is 20.1 Å². The highest BCUT2D eigenvalue weighted by atomic mass is 17.0. The van der Waals surface area contributed by atoms with Crippen LogP contribution in [0.3, 0.4) is 0 Å². The zero-order chi connectivity index (χ0) is 46.9. The molecule has 26 nitrogen and oxygen atoms in total. The van der Waals surface area contributed by atoms with Crippen LogP contribution < -0.4 is 0 Å². The van der Waals surface area contributed by atoms with Gasteiger partial charge in [0.15, 0.2) is 30.2 Å². The maximum atomic E-state index is 11.5. The van der Waals surface area contributed by atoms with Gasteiger partial charge < -0.3 is 59.8 Å². The van der Waals surface area contributed by atoms with Gasteiger partial charge in [0.25, 0.3) is 0 Å². The first kappa shape index (κ1) is 60.1. The average Bonchev–Trinajstić information content (AvgIpc) is 3.88. The lowest BCUT2D eigenvalue weighted by molar-refractivity contribution is -0.177. The van der Waals surface area contributed by atoms with E-state index in [1.54, 1.807) is 6.92 Å². The smallest absolute Gasteiger partial charge is 0.338 e. The van der Waals surface area contributed by atoms with E-state index in [2.05, 4.69) is 27.4 Å². The van der Waals surface area contributed by atoms with Gasteiger partial charge in [-0.25, -0.2) is 43.2 Å². The number of carboxylic acid groups (broad SMARTS) is 8. The van der Waals surface area contributed by atoms with Crippen molar-refractivity contribution in [3.63, 3.8) is 0 Å². The van der Waals surface area contributed by atoms with E-state index < -0.39 is 102 Å². The number of cyclic esters (lactones) is 2. The molecule has 2 aliphatic rings. The lowest BCUT2D eigenvalue weighted by atomic mass is 9.98. The van der Waals surface area contributed by atoms with E-state index in [4.69, 9.17) is 56.1 Å². The number of carbonyl (C=O) groups is 12. The standard InChI is InChI=1S/C13H20O9.C4H4O5.C4H4O4.C4H2O3.C4H6O.C3H4O2.H2O2/c1-4-7(13(20)21-3)5-8(11(16)17)22-9(12(18)19)6(2)10(14)15;5-3(6)1-2(9-1)4(7)8;5-3(6)1-2-4(7)8;5-3-1-2-4(6)7-3;1-3-4(2)5;1-2-3(4)5;1-2/h6-9H,4-5H2,1-3H3,(H,14,15)(H,16,17)(H,18,19);1-2H,(H,5,6)(H,7,8);1-2H,(H,5,6)(H,7,8);1-2H;3H,1H2,2H3;2H,1H2,(H,4,5);1-2H/b;;2-1-;;;;. The third kappa shape index (κ3) is 34.6. The minimum Gasteiger partial charge on any atom is -0.481 e. The summed E-state index contributed by atoms with van der Waals surface area (Å²) >= 11 is 0. The van der Waals surface area contributed by atoms with Crippen molar-refractivity contribution in [3.05, 3.63) is 49.6 Å². The average molecular weight is 843 g/mol. The number of epoxide rings is 1. The molecule has 1 saturated heterocycles. The maximum absolute atomic E-state index is 11.5. The first-order valence-corrected chi connectivity index (χ1v) is 15.0. The number of ether oxygens (including phenoxy) is 4. The van der Waals surface area contributed by atoms with Crippen LogP contribution in [0, 0.1) is 11.8 Å². The lowest BCUT2D eigenvalue weighted by Crippen LogP contribution is -2.42. The van der Waals surface area contributed by atoms with Gasteiger partial charge in [-0.05, 0) is 32.8 Å². The van der Waals surface area contributed by atoms with Crippen molar-refractivity contribution in [3.8, 4) is 0 Å². The number of carbonyl (C=O) groups excluding carboxylic acids is 4. The fraction of sp³-hybridized carbons (Fsp3) is 0.375. The summed E-state index contributed by atoms with van der Waals surface area (Å²) in [4.78, 5) is 122. The molecule has 0 aromatic heterocycles. The predicted octanol–water partition coefficient (Wildman–Crippen LogP) is -0.484. The van der Waals surface area contributed by atoms with E-state index in [1.807, 2.05) is 0 Å². The zero-order valence-corrected chi connectivity index (χ0v) is 30.8. The Morgan fingerprint density at radius 2 is 1.10 bits per heavy atom. The molecule has 6 unspecified atom stereocenters. The molecule has 58 heavy (non-hydrogen) atoms. The van der Waals surface area contributed by atoms with Crippen molar-refractivity contribution in [2.45, 2.75) is 58.0 Å². The van der Waals surface area contributed by atoms with Gasteiger partial charge in [-0.15, -0.1) is 0 Å². The number of ketones is 1. The Bertz CT molecular complexity index is 1450. The summed E-state index contributed by atoms with van der Waals surface area (Å²) < 4.78 is 17.7. The van der Waals surface area contributed by atoms with Gasteiger partial charge in [-0.3, -0.25) is 24.9 Å². The van der Waals surface area contributed by atoms with Crippen LogP contribution in [0.15, 0.2) is 49.6 Å². The molecule has 10 N–H and O–H groups in total. The van der Waals surface area contributed by atoms with Crippen LogP contribution in [0.1, 0.15) is 33.6 Å². The van der Waals surface area contributed by atoms with Crippen LogP contribution in [-0.4, -0.2) is 154 Å². The Labute approximate surface area is 326 Å². The highest BCUT2D eigenvalue weighted by molar-refractivity contribution is 6.05. The molecule has 26 heteroatoms. The molecule has 1 fully saturated rings. The summed E-state index contributed by atoms with van der Waals surface area (Å²) in [7, 11) is 1.15. The number of hydrogen-bond acceptors (Lipinski definition) is 18. The van der Waals surface area contributed by atoms with E-state index in [9.17, 15) is 57.5 Å². The van der Waals surface area contributed by atoms with E-state index >= 15 is 0 Å². The lowest BCUT2D eigenvalue weighted by Gasteiger charge is -2.24. The molecule has 0 radical (unpaired) electrons. The Kier molecular flexibility index (Phi) is 35.6. The molecule has 0 saturated carbocycles. The molecule has 0 aromatic carbocycles. The van der Waals surface area contributed by atoms with Crippen molar-refractivity contribution < 1.29 is 128 Å². The number of carboxylic acids is 8. The first-order valence-electron chi connectivity index (χ1n) is 15.0. The predicted molar refractivity (Wildman–Crippen MR) is 184 cm³/mol. The summed E-state index contributed by atoms with van der Waals surface area (Å²) in [5.41, 5.74) is 0. The summed E-state index contributed by atoms with van der Waals surface area (Å²) in [6.07, 6.45) is -0.360. The van der Waals surface area contributed by atoms with Gasteiger partial charge in [0.1, 0.15) is 0 Å². The quantitative estimate of drug-likeness (QED) is 0.0234. The van der Waals surface area contributed by atoms with Crippen LogP contribution in [0.5, 0.6) is 0 Å². The van der Waals surface area contributed by atoms with Crippen LogP contribution in [0.25, 0.3) is 0 Å². The van der Waals surface area contributed by atoms with E-state index in [0.29, 0.717) is 12.2 Å². The van der Waals surface area contributed by atoms with Crippen molar-refractivity contribution in [2.24, 2.45) is 11.8 Å². The van der Waals surface area contributed by atoms with Gasteiger partial charge >= 0.3 is 65.7 Å². The molecule has 0 amide bonds. The van der Waals surface area contributed by atoms with Gasteiger partial charge in [0.05, 0.1) is 18.9 Å². The second kappa shape index (κ2) is 34.3. The number of rotatable bonds is 16. The minimum atomic E-state index is -1.84. The van der Waals surface area contributed by atoms with Crippen LogP contribution in [-0.2, 0) is 76.5 Å². The first-order chi connectivity index (χ1) is 26.7. The fourth-order valence-corrected chi connectivity index (χ4v) is 2.70. The third-order valence-electron chi connectivity index (χ3n) is 5.56. The Morgan fingerprint density at radius 3 is 1.28 bits per heavy atom. The Morgan fingerprint density at radius 1 is 0.724 bits per heavy atom.